The molecule has 0 spiro atoms. The Morgan fingerprint density at radius 2 is 2.20 bits per heavy atom. The molecule has 0 saturated carbocycles. The second kappa shape index (κ2) is 6.77. The second-order valence-corrected chi connectivity index (χ2v) is 5.80. The summed E-state index contributed by atoms with van der Waals surface area (Å²) in [6, 6.07) is 0.802. The molecule has 2 unspecified atom stereocenters. The zero-order chi connectivity index (χ0) is 10.3. The van der Waals surface area contributed by atoms with Crippen molar-refractivity contribution in [3.8, 4) is 0 Å². The van der Waals surface area contributed by atoms with E-state index in [1.54, 1.807) is 0 Å². The van der Waals surface area contributed by atoms with E-state index in [1.807, 2.05) is 0 Å². The van der Waals surface area contributed by atoms with Gasteiger partial charge in [-0.2, -0.15) is 11.8 Å². The normalized spacial score (nSPS) is 32.0. The Bertz CT molecular complexity index is 165. The summed E-state index contributed by atoms with van der Waals surface area (Å²) in [4.78, 5) is 0. The van der Waals surface area contributed by atoms with E-state index < -0.39 is 0 Å². The zero-order valence-electron chi connectivity index (χ0n) is 9.54. The van der Waals surface area contributed by atoms with Gasteiger partial charge in [-0.1, -0.05) is 6.42 Å². The van der Waals surface area contributed by atoms with Crippen molar-refractivity contribution in [1.82, 2.24) is 5.32 Å². The van der Waals surface area contributed by atoms with Gasteiger partial charge in [0.15, 0.2) is 0 Å². The molecule has 0 aromatic rings. The summed E-state index contributed by atoms with van der Waals surface area (Å²) in [6.45, 7) is 2.23. The number of rotatable bonds is 5. The van der Waals surface area contributed by atoms with Crippen LogP contribution in [0.5, 0.6) is 0 Å². The van der Waals surface area contributed by atoms with Crippen molar-refractivity contribution in [2.75, 3.05) is 24.7 Å². The maximum atomic E-state index is 5.61. The first-order valence-electron chi connectivity index (χ1n) is 6.38. The summed E-state index contributed by atoms with van der Waals surface area (Å²) in [7, 11) is 0. The summed E-state index contributed by atoms with van der Waals surface area (Å²) in [5.74, 6) is 2.52. The van der Waals surface area contributed by atoms with Gasteiger partial charge in [-0.3, -0.25) is 0 Å². The predicted molar refractivity (Wildman–Crippen MR) is 66.6 cm³/mol. The molecule has 15 heavy (non-hydrogen) atoms. The van der Waals surface area contributed by atoms with Crippen molar-refractivity contribution in [2.24, 2.45) is 0 Å². The quantitative estimate of drug-likeness (QED) is 0.732. The van der Waals surface area contributed by atoms with Gasteiger partial charge in [-0.05, 0) is 44.4 Å². The molecule has 2 heterocycles. The Labute approximate surface area is 97.5 Å². The van der Waals surface area contributed by atoms with Gasteiger partial charge < -0.3 is 10.1 Å². The first-order chi connectivity index (χ1) is 7.45. The molecule has 0 aromatic heterocycles. The highest BCUT2D eigenvalue weighted by molar-refractivity contribution is 7.99. The molecule has 2 aliphatic rings. The standard InChI is InChI=1S/C12H23NOS/c1-2-7-13-11(4-1)6-9-15-10-12-5-3-8-14-12/h11-13H,1-10H2. The van der Waals surface area contributed by atoms with E-state index in [1.165, 1.54) is 56.6 Å². The molecule has 2 aliphatic heterocycles. The number of piperidine rings is 1. The van der Waals surface area contributed by atoms with Crippen LogP contribution >= 0.6 is 11.8 Å². The minimum atomic E-state index is 0.564. The summed E-state index contributed by atoms with van der Waals surface area (Å²) in [5.41, 5.74) is 0. The highest BCUT2D eigenvalue weighted by atomic mass is 32.2. The molecule has 3 heteroatoms. The van der Waals surface area contributed by atoms with Crippen molar-refractivity contribution in [2.45, 2.75) is 50.7 Å². The number of hydrogen-bond acceptors (Lipinski definition) is 3. The van der Waals surface area contributed by atoms with E-state index in [4.69, 9.17) is 4.74 Å². The zero-order valence-corrected chi connectivity index (χ0v) is 10.4. The average Bonchev–Trinajstić information content (AvgIpc) is 2.79. The summed E-state index contributed by atoms with van der Waals surface area (Å²) in [6.07, 6.45) is 8.66. The van der Waals surface area contributed by atoms with Gasteiger partial charge in [0.1, 0.15) is 0 Å². The van der Waals surface area contributed by atoms with Crippen molar-refractivity contribution in [3.63, 3.8) is 0 Å². The SMILES string of the molecule is C1CCC(CCSCC2CCCO2)NC1. The minimum absolute atomic E-state index is 0.564. The third-order valence-corrected chi connectivity index (χ3v) is 4.48. The van der Waals surface area contributed by atoms with Crippen LogP contribution in [0.25, 0.3) is 0 Å². The van der Waals surface area contributed by atoms with Crippen LogP contribution in [0.4, 0.5) is 0 Å². The first kappa shape index (κ1) is 11.7. The summed E-state index contributed by atoms with van der Waals surface area (Å²) < 4.78 is 5.61. The van der Waals surface area contributed by atoms with Crippen molar-refractivity contribution in [1.29, 1.82) is 0 Å². The van der Waals surface area contributed by atoms with Crippen LogP contribution in [0.15, 0.2) is 0 Å². The largest absolute Gasteiger partial charge is 0.377 e. The molecule has 0 aliphatic carbocycles. The highest BCUT2D eigenvalue weighted by Crippen LogP contribution is 2.19. The average molecular weight is 229 g/mol. The van der Waals surface area contributed by atoms with E-state index in [-0.39, 0.29) is 0 Å². The van der Waals surface area contributed by atoms with Crippen molar-refractivity contribution in [3.05, 3.63) is 0 Å². The Kier molecular flexibility index (Phi) is 5.30. The molecule has 88 valence electrons. The first-order valence-corrected chi connectivity index (χ1v) is 7.53. The van der Waals surface area contributed by atoms with Gasteiger partial charge in [0.05, 0.1) is 6.10 Å². The Morgan fingerprint density at radius 1 is 1.20 bits per heavy atom. The molecular weight excluding hydrogens is 206 g/mol. The van der Waals surface area contributed by atoms with Crippen molar-refractivity contribution < 1.29 is 4.74 Å². The second-order valence-electron chi connectivity index (χ2n) is 4.65. The van der Waals surface area contributed by atoms with Gasteiger partial charge in [0, 0.05) is 18.4 Å². The van der Waals surface area contributed by atoms with Crippen LogP contribution in [0.3, 0.4) is 0 Å². The van der Waals surface area contributed by atoms with Gasteiger partial charge >= 0.3 is 0 Å². The maximum absolute atomic E-state index is 5.61. The third-order valence-electron chi connectivity index (χ3n) is 3.35. The summed E-state index contributed by atoms with van der Waals surface area (Å²) >= 11 is 2.08. The lowest BCUT2D eigenvalue weighted by Crippen LogP contribution is -2.34. The smallest absolute Gasteiger partial charge is 0.0666 e. The fourth-order valence-electron chi connectivity index (χ4n) is 2.39. The van der Waals surface area contributed by atoms with Gasteiger partial charge in [-0.15, -0.1) is 0 Å². The lowest BCUT2D eigenvalue weighted by molar-refractivity contribution is 0.129. The fourth-order valence-corrected chi connectivity index (χ4v) is 3.53. The van der Waals surface area contributed by atoms with Crippen molar-refractivity contribution >= 4 is 11.8 Å². The molecular formula is C12H23NOS. The number of hydrogen-bond donors (Lipinski definition) is 1. The van der Waals surface area contributed by atoms with Crippen LogP contribution in [0.1, 0.15) is 38.5 Å². The van der Waals surface area contributed by atoms with Gasteiger partial charge in [0.2, 0.25) is 0 Å². The molecule has 2 rings (SSSR count). The van der Waals surface area contributed by atoms with Gasteiger partial charge in [-0.25, -0.2) is 0 Å². The predicted octanol–water partition coefficient (Wildman–Crippen LogP) is 2.43. The number of ether oxygens (including phenoxy) is 1. The minimum Gasteiger partial charge on any atom is -0.377 e. The molecule has 0 bridgehead atoms. The molecule has 1 N–H and O–H groups in total. The van der Waals surface area contributed by atoms with E-state index in [0.717, 1.165) is 12.6 Å². The van der Waals surface area contributed by atoms with Crippen LogP contribution in [-0.4, -0.2) is 36.8 Å². The van der Waals surface area contributed by atoms with E-state index in [0.29, 0.717) is 6.10 Å². The monoisotopic (exact) mass is 229 g/mol. The molecule has 2 fully saturated rings. The molecule has 0 radical (unpaired) electrons. The van der Waals surface area contributed by atoms with E-state index in [2.05, 4.69) is 17.1 Å². The Morgan fingerprint density at radius 3 is 2.93 bits per heavy atom. The highest BCUT2D eigenvalue weighted by Gasteiger charge is 2.16. The maximum Gasteiger partial charge on any atom is 0.0666 e. The number of nitrogens with one attached hydrogen (secondary N) is 1. The van der Waals surface area contributed by atoms with Crippen LogP contribution in [0, 0.1) is 0 Å². The molecule has 2 atom stereocenters. The van der Waals surface area contributed by atoms with E-state index in [9.17, 15) is 0 Å². The molecule has 0 amide bonds. The summed E-state index contributed by atoms with van der Waals surface area (Å²) in [5, 5.41) is 3.60. The molecule has 0 aromatic carbocycles. The molecule has 2 nitrogen and oxygen atoms in total. The fraction of sp³-hybridized carbons (Fsp3) is 1.00. The van der Waals surface area contributed by atoms with Crippen LogP contribution in [-0.2, 0) is 4.74 Å². The Hall–Kier alpha value is 0.270. The number of thioether (sulfide) groups is 1. The van der Waals surface area contributed by atoms with Crippen LogP contribution < -0.4 is 5.32 Å². The van der Waals surface area contributed by atoms with Crippen LogP contribution in [0.2, 0.25) is 0 Å². The van der Waals surface area contributed by atoms with E-state index >= 15 is 0 Å². The lowest BCUT2D eigenvalue weighted by Gasteiger charge is -2.23. The lowest BCUT2D eigenvalue weighted by atomic mass is 10.0. The van der Waals surface area contributed by atoms with Gasteiger partial charge in [0.25, 0.3) is 0 Å². The Balaban J connectivity index is 1.47. The topological polar surface area (TPSA) is 21.3 Å². The third kappa shape index (κ3) is 4.33. The molecule has 2 saturated heterocycles.